The minimum absolute atomic E-state index is 0.213. The van der Waals surface area contributed by atoms with Crippen molar-refractivity contribution in [3.05, 3.63) is 44.5 Å². The van der Waals surface area contributed by atoms with E-state index in [-0.39, 0.29) is 12.0 Å². The second-order valence-electron chi connectivity index (χ2n) is 5.72. The van der Waals surface area contributed by atoms with Crippen LogP contribution in [-0.2, 0) is 22.4 Å². The Hall–Kier alpha value is -2.63. The first-order valence-electron chi connectivity index (χ1n) is 8.05. The van der Waals surface area contributed by atoms with Crippen LogP contribution in [0.15, 0.2) is 22.9 Å². The number of hydrogen-bond acceptors (Lipinski definition) is 6. The fraction of sp³-hybridized carbons (Fsp3) is 0.278. The van der Waals surface area contributed by atoms with Crippen LogP contribution in [0.3, 0.4) is 0 Å². The molecule has 8 heteroatoms. The molecule has 2 aromatic rings. The number of carbonyl (C=O) groups excluding carboxylic acids is 2. The second-order valence-corrected chi connectivity index (χ2v) is 7.60. The van der Waals surface area contributed by atoms with Crippen molar-refractivity contribution in [2.75, 3.05) is 12.4 Å². The van der Waals surface area contributed by atoms with E-state index in [4.69, 9.17) is 4.74 Å². The Bertz CT molecular complexity index is 878. The molecule has 1 unspecified atom stereocenters. The maximum atomic E-state index is 12.2. The number of nitrogens with one attached hydrogen (secondary N) is 2. The van der Waals surface area contributed by atoms with Gasteiger partial charge in [-0.1, -0.05) is 0 Å². The maximum Gasteiger partial charge on any atom is 0.407 e. The Kier molecular flexibility index (Phi) is 5.71. The van der Waals surface area contributed by atoms with E-state index in [2.05, 4.69) is 16.7 Å². The molecule has 0 bridgehead atoms. The Morgan fingerprint density at radius 2 is 2.31 bits per heavy atom. The first kappa shape index (κ1) is 18.2. The minimum Gasteiger partial charge on any atom is -0.446 e. The molecule has 2 heterocycles. The van der Waals surface area contributed by atoms with Gasteiger partial charge >= 0.3 is 6.09 Å². The van der Waals surface area contributed by atoms with Gasteiger partial charge in [-0.05, 0) is 46.9 Å². The predicted octanol–water partition coefficient (Wildman–Crippen LogP) is 3.55. The number of nitriles is 1. The minimum atomic E-state index is -0.456. The summed E-state index contributed by atoms with van der Waals surface area (Å²) in [6.45, 7) is 0. The Morgan fingerprint density at radius 1 is 1.46 bits per heavy atom. The normalized spacial score (nSPS) is 15.9. The number of anilines is 1. The topological polar surface area (TPSA) is 91.2 Å². The fourth-order valence-electron chi connectivity index (χ4n) is 2.77. The Balaban J connectivity index is 1.72. The Labute approximate surface area is 159 Å². The lowest BCUT2D eigenvalue weighted by atomic mass is 9.94. The van der Waals surface area contributed by atoms with Gasteiger partial charge in [0.2, 0.25) is 5.91 Å². The molecule has 2 aromatic heterocycles. The lowest BCUT2D eigenvalue weighted by Crippen LogP contribution is -2.29. The molecule has 0 saturated carbocycles. The molecule has 0 fully saturated rings. The number of rotatable bonds is 4. The largest absolute Gasteiger partial charge is 0.446 e. The summed E-state index contributed by atoms with van der Waals surface area (Å²) < 4.78 is 5.32. The highest BCUT2D eigenvalue weighted by Gasteiger charge is 2.28. The molecule has 6 nitrogen and oxygen atoms in total. The lowest BCUT2D eigenvalue weighted by Gasteiger charge is -2.22. The zero-order valence-corrected chi connectivity index (χ0v) is 15.7. The van der Waals surface area contributed by atoms with Crippen LogP contribution >= 0.6 is 22.7 Å². The standard InChI is InChI=1S/C18H17N3O3S2/c1-20-18(23)24-12-3-4-13-14(9-19)17(26-15(13)8-12)21-16(22)5-2-11-6-7-25-10-11/h2,5-7,10,12H,3-4,8H2,1H3,(H,20,23)(H,21,22)/b5-2+. The summed E-state index contributed by atoms with van der Waals surface area (Å²) in [6, 6.07) is 4.12. The first-order valence-corrected chi connectivity index (χ1v) is 9.81. The van der Waals surface area contributed by atoms with Crippen molar-refractivity contribution >= 4 is 45.8 Å². The molecule has 2 amide bonds. The van der Waals surface area contributed by atoms with Gasteiger partial charge in [0.1, 0.15) is 17.2 Å². The van der Waals surface area contributed by atoms with Gasteiger partial charge in [-0.25, -0.2) is 4.79 Å². The van der Waals surface area contributed by atoms with E-state index in [1.54, 1.807) is 17.4 Å². The SMILES string of the molecule is CNC(=O)OC1CCc2c(sc(NC(=O)/C=C/c3ccsc3)c2C#N)C1. The molecule has 26 heavy (non-hydrogen) atoms. The van der Waals surface area contributed by atoms with Crippen molar-refractivity contribution < 1.29 is 14.3 Å². The number of amides is 2. The third-order valence-corrected chi connectivity index (χ3v) is 5.89. The van der Waals surface area contributed by atoms with Gasteiger partial charge in [-0.2, -0.15) is 16.6 Å². The number of fused-ring (bicyclic) bond motifs is 1. The van der Waals surface area contributed by atoms with Gasteiger partial charge in [-0.3, -0.25) is 4.79 Å². The molecular formula is C18H17N3O3S2. The van der Waals surface area contributed by atoms with Gasteiger partial charge < -0.3 is 15.4 Å². The van der Waals surface area contributed by atoms with E-state index in [1.807, 2.05) is 16.8 Å². The van der Waals surface area contributed by atoms with Crippen molar-refractivity contribution in [3.63, 3.8) is 0 Å². The molecule has 0 radical (unpaired) electrons. The van der Waals surface area contributed by atoms with Crippen LogP contribution in [0.25, 0.3) is 6.08 Å². The molecule has 1 atom stereocenters. The summed E-state index contributed by atoms with van der Waals surface area (Å²) in [4.78, 5) is 24.5. The lowest BCUT2D eigenvalue weighted by molar-refractivity contribution is -0.111. The van der Waals surface area contributed by atoms with Crippen LogP contribution in [0.2, 0.25) is 0 Å². The van der Waals surface area contributed by atoms with Gasteiger partial charge in [0, 0.05) is 24.4 Å². The summed E-state index contributed by atoms with van der Waals surface area (Å²) in [5.74, 6) is -0.274. The highest BCUT2D eigenvalue weighted by Crippen LogP contribution is 2.38. The van der Waals surface area contributed by atoms with E-state index < -0.39 is 6.09 Å². The third-order valence-electron chi connectivity index (χ3n) is 4.02. The number of ether oxygens (including phenoxy) is 1. The molecule has 0 spiro atoms. The number of hydrogen-bond donors (Lipinski definition) is 2. The number of alkyl carbamates (subject to hydrolysis) is 1. The maximum absolute atomic E-state index is 12.2. The molecule has 3 rings (SSSR count). The zero-order valence-electron chi connectivity index (χ0n) is 14.1. The highest BCUT2D eigenvalue weighted by atomic mass is 32.1. The molecule has 0 aromatic carbocycles. The monoisotopic (exact) mass is 387 g/mol. The van der Waals surface area contributed by atoms with Crippen molar-refractivity contribution in [2.24, 2.45) is 0 Å². The Morgan fingerprint density at radius 3 is 3.00 bits per heavy atom. The summed E-state index contributed by atoms with van der Waals surface area (Å²) >= 11 is 2.94. The van der Waals surface area contributed by atoms with Crippen LogP contribution in [0.5, 0.6) is 0 Å². The molecule has 2 N–H and O–H groups in total. The number of nitrogens with zero attached hydrogens (tertiary/aromatic N) is 1. The van der Waals surface area contributed by atoms with E-state index in [9.17, 15) is 14.9 Å². The molecule has 1 aliphatic rings. The molecular weight excluding hydrogens is 370 g/mol. The molecule has 134 valence electrons. The highest BCUT2D eigenvalue weighted by molar-refractivity contribution is 7.16. The summed E-state index contributed by atoms with van der Waals surface area (Å²) in [6.07, 6.45) is 4.40. The zero-order chi connectivity index (χ0) is 18.5. The van der Waals surface area contributed by atoms with E-state index in [0.717, 1.165) is 16.0 Å². The van der Waals surface area contributed by atoms with Crippen molar-refractivity contribution in [2.45, 2.75) is 25.4 Å². The van der Waals surface area contributed by atoms with E-state index in [1.165, 1.54) is 24.5 Å². The third kappa shape index (κ3) is 4.12. The van der Waals surface area contributed by atoms with Crippen LogP contribution in [0.4, 0.5) is 9.80 Å². The fourth-order valence-corrected chi connectivity index (χ4v) is 4.66. The van der Waals surface area contributed by atoms with E-state index >= 15 is 0 Å². The van der Waals surface area contributed by atoms with Crippen molar-refractivity contribution in [1.29, 1.82) is 5.26 Å². The smallest absolute Gasteiger partial charge is 0.407 e. The summed E-state index contributed by atoms with van der Waals surface area (Å²) in [5.41, 5.74) is 2.43. The molecule has 0 saturated heterocycles. The van der Waals surface area contributed by atoms with Gasteiger partial charge in [0.25, 0.3) is 0 Å². The van der Waals surface area contributed by atoms with Crippen molar-refractivity contribution in [1.82, 2.24) is 5.32 Å². The average molecular weight is 387 g/mol. The van der Waals surface area contributed by atoms with E-state index in [0.29, 0.717) is 29.8 Å². The van der Waals surface area contributed by atoms with Gasteiger partial charge in [0.15, 0.2) is 0 Å². The van der Waals surface area contributed by atoms with Crippen LogP contribution in [-0.4, -0.2) is 25.2 Å². The van der Waals surface area contributed by atoms with Gasteiger partial charge in [-0.15, -0.1) is 11.3 Å². The van der Waals surface area contributed by atoms with Crippen LogP contribution in [0.1, 0.15) is 28.0 Å². The molecule has 1 aliphatic carbocycles. The molecule has 0 aliphatic heterocycles. The van der Waals surface area contributed by atoms with Crippen molar-refractivity contribution in [3.8, 4) is 6.07 Å². The number of thiophene rings is 2. The first-order chi connectivity index (χ1) is 12.6. The average Bonchev–Trinajstić information content (AvgIpc) is 3.26. The predicted molar refractivity (Wildman–Crippen MR) is 102 cm³/mol. The van der Waals surface area contributed by atoms with Crippen LogP contribution in [0, 0.1) is 11.3 Å². The number of carbonyl (C=O) groups is 2. The second kappa shape index (κ2) is 8.17. The van der Waals surface area contributed by atoms with Gasteiger partial charge in [0.05, 0.1) is 5.56 Å². The van der Waals surface area contributed by atoms with Crippen LogP contribution < -0.4 is 10.6 Å². The quantitative estimate of drug-likeness (QED) is 0.785. The summed E-state index contributed by atoms with van der Waals surface area (Å²) in [7, 11) is 1.52. The summed E-state index contributed by atoms with van der Waals surface area (Å²) in [5, 5.41) is 19.2.